The van der Waals surface area contributed by atoms with E-state index in [4.69, 9.17) is 9.47 Å². The minimum Gasteiger partial charge on any atom is -0.494 e. The number of hydrogen-bond acceptors (Lipinski definition) is 6. The monoisotopic (exact) mass is 632 g/mol. The highest BCUT2D eigenvalue weighted by atomic mass is 16.5. The molecule has 0 aromatic heterocycles. The van der Waals surface area contributed by atoms with E-state index in [1.807, 2.05) is 89.8 Å². The highest BCUT2D eigenvalue weighted by molar-refractivity contribution is 6.12. The molecule has 4 aromatic rings. The zero-order chi connectivity index (χ0) is 32.8. The number of anilines is 2. The molecule has 1 N–H and O–H groups in total. The van der Waals surface area contributed by atoms with E-state index in [-0.39, 0.29) is 11.7 Å². The van der Waals surface area contributed by atoms with Gasteiger partial charge in [0.1, 0.15) is 11.8 Å². The van der Waals surface area contributed by atoms with Crippen molar-refractivity contribution in [1.29, 1.82) is 0 Å². The number of para-hydroxylation sites is 2. The predicted molar refractivity (Wildman–Crippen MR) is 186 cm³/mol. The average molecular weight is 633 g/mol. The van der Waals surface area contributed by atoms with E-state index in [2.05, 4.69) is 5.32 Å². The number of methoxy groups -OCH3 is 1. The fourth-order valence-corrected chi connectivity index (χ4v) is 6.21. The maximum absolute atomic E-state index is 13.2. The summed E-state index contributed by atoms with van der Waals surface area (Å²) >= 11 is 0. The predicted octanol–water partition coefficient (Wildman–Crippen LogP) is 7.89. The summed E-state index contributed by atoms with van der Waals surface area (Å²) in [6, 6.07) is 33.1. The first-order chi connectivity index (χ1) is 23.0. The zero-order valence-corrected chi connectivity index (χ0v) is 27.1. The highest BCUT2D eigenvalue weighted by Gasteiger charge is 2.23. The number of carbonyl (C=O) groups excluding carboxylic acids is 3. The highest BCUT2D eigenvalue weighted by Crippen LogP contribution is 2.29. The third-order valence-corrected chi connectivity index (χ3v) is 8.79. The van der Waals surface area contributed by atoms with E-state index >= 15 is 0 Å². The van der Waals surface area contributed by atoms with Crippen LogP contribution in [-0.2, 0) is 20.7 Å². The molecule has 244 valence electrons. The molecule has 0 spiro atoms. The molecule has 7 nitrogen and oxygen atoms in total. The van der Waals surface area contributed by atoms with Crippen LogP contribution in [0.15, 0.2) is 109 Å². The lowest BCUT2D eigenvalue weighted by Gasteiger charge is -2.24. The van der Waals surface area contributed by atoms with Gasteiger partial charge in [0.25, 0.3) is 0 Å². The molecule has 1 saturated carbocycles. The van der Waals surface area contributed by atoms with Gasteiger partial charge in [-0.25, -0.2) is 4.79 Å². The number of carbonyl (C=O) groups is 3. The fourth-order valence-electron chi connectivity index (χ4n) is 6.21. The van der Waals surface area contributed by atoms with Crippen molar-refractivity contribution in [2.24, 2.45) is 5.92 Å². The number of nitrogens with zero attached hydrogens (tertiary/aromatic N) is 1. The van der Waals surface area contributed by atoms with Gasteiger partial charge < -0.3 is 19.7 Å². The van der Waals surface area contributed by atoms with Gasteiger partial charge in [-0.2, -0.15) is 0 Å². The number of esters is 1. The summed E-state index contributed by atoms with van der Waals surface area (Å²) in [5.41, 5.74) is 3.46. The summed E-state index contributed by atoms with van der Waals surface area (Å²) in [5, 5.41) is 3.25. The quantitative estimate of drug-likeness (QED) is 0.0769. The largest absolute Gasteiger partial charge is 0.494 e. The first-order valence-electron chi connectivity index (χ1n) is 16.6. The smallest absolute Gasteiger partial charge is 0.328 e. The van der Waals surface area contributed by atoms with Gasteiger partial charge in [-0.05, 0) is 60.7 Å². The molecule has 0 saturated heterocycles. The van der Waals surface area contributed by atoms with E-state index in [1.165, 1.54) is 32.8 Å². The number of rotatable bonds is 16. The molecule has 1 aliphatic carbocycles. The Balaban J connectivity index is 1.16. The second-order valence-electron chi connectivity index (χ2n) is 12.1. The molecule has 1 fully saturated rings. The molecule has 47 heavy (non-hydrogen) atoms. The van der Waals surface area contributed by atoms with Crippen molar-refractivity contribution in [1.82, 2.24) is 0 Å². The van der Waals surface area contributed by atoms with Crippen LogP contribution in [0.3, 0.4) is 0 Å². The maximum atomic E-state index is 13.2. The van der Waals surface area contributed by atoms with Crippen LogP contribution in [0.4, 0.5) is 11.4 Å². The van der Waals surface area contributed by atoms with Crippen molar-refractivity contribution < 1.29 is 23.9 Å². The lowest BCUT2D eigenvalue weighted by atomic mass is 10.00. The summed E-state index contributed by atoms with van der Waals surface area (Å²) in [7, 11) is 1.36. The fraction of sp³-hybridized carbons (Fsp3) is 0.325. The Bertz CT molecular complexity index is 1580. The van der Waals surface area contributed by atoms with E-state index in [1.54, 1.807) is 24.3 Å². The van der Waals surface area contributed by atoms with Gasteiger partial charge in [-0.15, -0.1) is 0 Å². The Labute approximate surface area is 277 Å². The van der Waals surface area contributed by atoms with Gasteiger partial charge in [-0.1, -0.05) is 98.5 Å². The Hall–Kier alpha value is -4.91. The first-order valence-corrected chi connectivity index (χ1v) is 16.6. The molecule has 1 amide bonds. The Morgan fingerprint density at radius 1 is 0.830 bits per heavy atom. The summed E-state index contributed by atoms with van der Waals surface area (Å²) in [6.07, 6.45) is 7.66. The Morgan fingerprint density at radius 3 is 2.19 bits per heavy atom. The van der Waals surface area contributed by atoms with E-state index in [0.29, 0.717) is 60.9 Å². The summed E-state index contributed by atoms with van der Waals surface area (Å²) in [5.74, 6) is 1.02. The Kier molecular flexibility index (Phi) is 12.2. The normalized spacial score (nSPS) is 13.5. The lowest BCUT2D eigenvalue weighted by Crippen LogP contribution is -2.33. The van der Waals surface area contributed by atoms with E-state index in [0.717, 1.165) is 17.7 Å². The van der Waals surface area contributed by atoms with Crippen LogP contribution < -0.4 is 15.0 Å². The van der Waals surface area contributed by atoms with Crippen molar-refractivity contribution in [3.8, 4) is 5.75 Å². The second kappa shape index (κ2) is 17.1. The van der Waals surface area contributed by atoms with Gasteiger partial charge in [0.05, 0.1) is 13.7 Å². The lowest BCUT2D eigenvalue weighted by molar-refractivity contribution is -0.141. The van der Waals surface area contributed by atoms with Crippen molar-refractivity contribution in [3.05, 3.63) is 126 Å². The van der Waals surface area contributed by atoms with Gasteiger partial charge in [0, 0.05) is 41.9 Å². The van der Waals surface area contributed by atoms with Gasteiger partial charge in [-0.3, -0.25) is 9.59 Å². The van der Waals surface area contributed by atoms with Crippen LogP contribution in [0.2, 0.25) is 0 Å². The molecule has 1 unspecified atom stereocenters. The van der Waals surface area contributed by atoms with Crippen LogP contribution in [0, 0.1) is 5.92 Å². The van der Waals surface area contributed by atoms with Gasteiger partial charge >= 0.3 is 5.97 Å². The van der Waals surface area contributed by atoms with E-state index in [9.17, 15) is 14.4 Å². The maximum Gasteiger partial charge on any atom is 0.328 e. The van der Waals surface area contributed by atoms with Crippen molar-refractivity contribution in [2.45, 2.75) is 57.4 Å². The molecular weight excluding hydrogens is 588 g/mol. The number of nitrogens with one attached hydrogen (secondary N) is 1. The average Bonchev–Trinajstić information content (AvgIpc) is 3.65. The number of benzene rings is 4. The molecular formula is C40H44N2O5. The van der Waals surface area contributed by atoms with Crippen molar-refractivity contribution in [3.63, 3.8) is 0 Å². The molecule has 4 aromatic carbocycles. The van der Waals surface area contributed by atoms with Crippen LogP contribution in [0.5, 0.6) is 5.75 Å². The molecule has 0 heterocycles. The number of ketones is 1. The summed E-state index contributed by atoms with van der Waals surface area (Å²) < 4.78 is 11.1. The molecule has 1 atom stereocenters. The van der Waals surface area contributed by atoms with Crippen LogP contribution in [-0.4, -0.2) is 44.0 Å². The Morgan fingerprint density at radius 2 is 1.49 bits per heavy atom. The van der Waals surface area contributed by atoms with Crippen LogP contribution in [0.1, 0.15) is 66.4 Å². The minimum absolute atomic E-state index is 0.126. The summed E-state index contributed by atoms with van der Waals surface area (Å²) in [6.45, 7) is 1.06. The third kappa shape index (κ3) is 9.55. The summed E-state index contributed by atoms with van der Waals surface area (Å²) in [4.78, 5) is 41.1. The molecule has 0 radical (unpaired) electrons. The minimum atomic E-state index is -0.702. The van der Waals surface area contributed by atoms with Crippen molar-refractivity contribution in [2.75, 3.05) is 30.5 Å². The van der Waals surface area contributed by atoms with Gasteiger partial charge in [0.2, 0.25) is 5.91 Å². The molecule has 0 aliphatic heterocycles. The molecule has 1 aliphatic rings. The van der Waals surface area contributed by atoms with Crippen LogP contribution >= 0.6 is 0 Å². The van der Waals surface area contributed by atoms with Crippen LogP contribution in [0.25, 0.3) is 0 Å². The molecule has 7 heteroatoms. The molecule has 5 rings (SSSR count). The number of amides is 1. The van der Waals surface area contributed by atoms with E-state index < -0.39 is 12.0 Å². The SMILES string of the molecule is COC(=O)C(Cc1ccc(OCCCN(C(=O)CCC2CCCC2)c2ccccc2)cc1)Nc1ccccc1C(=O)c1ccccc1. The first kappa shape index (κ1) is 33.5. The number of hydrogen-bond donors (Lipinski definition) is 1. The molecule has 0 bridgehead atoms. The topological polar surface area (TPSA) is 84.9 Å². The second-order valence-corrected chi connectivity index (χ2v) is 12.1. The standard InChI is InChI=1S/C40H44N2O5/c1-46-40(45)37(41-36-20-11-10-19-35(36)39(44)32-15-4-2-5-16-32)29-31-21-24-34(25-22-31)47-28-12-27-42(33-17-6-3-7-18-33)38(43)26-23-30-13-8-9-14-30/h2-7,10-11,15-22,24-25,30,37,41H,8-9,12-14,23,26-29H2,1H3. The van der Waals surface area contributed by atoms with Crippen molar-refractivity contribution >= 4 is 29.0 Å². The van der Waals surface area contributed by atoms with Gasteiger partial charge in [0.15, 0.2) is 5.78 Å². The number of ether oxygens (including phenoxy) is 2. The zero-order valence-electron chi connectivity index (χ0n) is 27.1. The third-order valence-electron chi connectivity index (χ3n) is 8.79.